The van der Waals surface area contributed by atoms with E-state index in [0.717, 1.165) is 11.0 Å². The van der Waals surface area contributed by atoms with Crippen molar-refractivity contribution in [2.75, 3.05) is 6.61 Å². The lowest BCUT2D eigenvalue weighted by molar-refractivity contribution is -0.0508. The van der Waals surface area contributed by atoms with Gasteiger partial charge in [-0.25, -0.2) is 4.98 Å². The molecule has 0 aliphatic carbocycles. The largest absolute Gasteiger partial charge is 0.394 e. The molecule has 3 rings (SSSR count). The summed E-state index contributed by atoms with van der Waals surface area (Å²) in [6.45, 7) is -0.332. The van der Waals surface area contributed by atoms with Crippen molar-refractivity contribution < 1.29 is 20.1 Å². The number of benzene rings is 1. The van der Waals surface area contributed by atoms with Crippen LogP contribution < -0.4 is 0 Å². The van der Waals surface area contributed by atoms with Gasteiger partial charge in [-0.1, -0.05) is 12.1 Å². The second kappa shape index (κ2) is 4.33. The number of para-hydroxylation sites is 2. The van der Waals surface area contributed by atoms with Crippen molar-refractivity contribution in [3.8, 4) is 0 Å². The lowest BCUT2D eigenvalue weighted by atomic mass is 10.1. The molecular weight excluding hydrogens is 236 g/mol. The predicted molar refractivity (Wildman–Crippen MR) is 62.7 cm³/mol. The van der Waals surface area contributed by atoms with E-state index in [2.05, 4.69) is 4.98 Å². The van der Waals surface area contributed by atoms with Crippen LogP contribution in [-0.2, 0) is 4.74 Å². The Kier molecular flexibility index (Phi) is 2.79. The summed E-state index contributed by atoms with van der Waals surface area (Å²) in [5, 5.41) is 28.7. The molecule has 96 valence electrons. The van der Waals surface area contributed by atoms with Crippen LogP contribution in [0, 0.1) is 0 Å². The maximum absolute atomic E-state index is 9.96. The van der Waals surface area contributed by atoms with Crippen LogP contribution in [0.3, 0.4) is 0 Å². The summed E-state index contributed by atoms with van der Waals surface area (Å²) in [6, 6.07) is 7.45. The second-order valence-electron chi connectivity index (χ2n) is 4.37. The highest BCUT2D eigenvalue weighted by atomic mass is 16.6. The molecule has 2 heterocycles. The summed E-state index contributed by atoms with van der Waals surface area (Å²) in [6.07, 6.45) is -2.12. The fourth-order valence-corrected chi connectivity index (χ4v) is 2.29. The number of rotatable bonds is 2. The Morgan fingerprint density at radius 2 is 2.00 bits per heavy atom. The van der Waals surface area contributed by atoms with Gasteiger partial charge in [-0.05, 0) is 12.1 Å². The van der Waals surface area contributed by atoms with E-state index in [1.807, 2.05) is 24.3 Å². The highest BCUT2D eigenvalue weighted by Gasteiger charge is 2.43. The molecule has 3 N–H and O–H groups in total. The van der Waals surface area contributed by atoms with E-state index in [0.29, 0.717) is 0 Å². The zero-order valence-electron chi connectivity index (χ0n) is 9.55. The molecule has 2 aromatic rings. The fourth-order valence-electron chi connectivity index (χ4n) is 2.29. The van der Waals surface area contributed by atoms with Gasteiger partial charge in [-0.15, -0.1) is 0 Å². The molecule has 6 nitrogen and oxygen atoms in total. The monoisotopic (exact) mass is 250 g/mol. The molecule has 0 unspecified atom stereocenters. The number of hydrogen-bond acceptors (Lipinski definition) is 5. The summed E-state index contributed by atoms with van der Waals surface area (Å²) in [5.74, 6) is 0. The molecule has 0 bridgehead atoms. The number of fused-ring (bicyclic) bond motifs is 1. The van der Waals surface area contributed by atoms with E-state index in [-0.39, 0.29) is 6.61 Å². The standard InChI is InChI=1S/C12H14N2O4/c15-5-9-10(16)11(17)12(18-9)14-6-13-7-3-1-2-4-8(7)14/h1-4,6,9-12,15-17H,5H2/t9-,10-,11-,12+/m1/s1. The molecule has 1 aliphatic rings. The molecule has 6 heteroatoms. The number of aliphatic hydroxyl groups is 3. The maximum Gasteiger partial charge on any atom is 0.164 e. The third-order valence-corrected chi connectivity index (χ3v) is 3.27. The number of nitrogens with zero attached hydrogens (tertiary/aromatic N) is 2. The van der Waals surface area contributed by atoms with Gasteiger partial charge in [0.25, 0.3) is 0 Å². The third-order valence-electron chi connectivity index (χ3n) is 3.27. The Bertz CT molecular complexity index is 556. The van der Waals surface area contributed by atoms with Gasteiger partial charge < -0.3 is 24.6 Å². The molecule has 1 aliphatic heterocycles. The van der Waals surface area contributed by atoms with Gasteiger partial charge in [0.15, 0.2) is 6.23 Å². The zero-order chi connectivity index (χ0) is 12.7. The van der Waals surface area contributed by atoms with E-state index in [9.17, 15) is 10.2 Å². The van der Waals surface area contributed by atoms with Gasteiger partial charge in [-0.3, -0.25) is 0 Å². The van der Waals surface area contributed by atoms with Crippen molar-refractivity contribution in [3.05, 3.63) is 30.6 Å². The Morgan fingerprint density at radius 3 is 2.72 bits per heavy atom. The van der Waals surface area contributed by atoms with E-state index in [4.69, 9.17) is 9.84 Å². The topological polar surface area (TPSA) is 87.7 Å². The molecule has 1 saturated heterocycles. The minimum atomic E-state index is -1.10. The van der Waals surface area contributed by atoms with Crippen LogP contribution in [-0.4, -0.2) is 49.8 Å². The zero-order valence-corrected chi connectivity index (χ0v) is 9.55. The average Bonchev–Trinajstić information content (AvgIpc) is 2.93. The molecule has 0 radical (unpaired) electrons. The molecular formula is C12H14N2O4. The first-order valence-electron chi connectivity index (χ1n) is 5.76. The van der Waals surface area contributed by atoms with E-state index in [1.54, 1.807) is 10.9 Å². The first kappa shape index (κ1) is 11.6. The number of ether oxygens (including phenoxy) is 1. The molecule has 1 aromatic heterocycles. The summed E-state index contributed by atoms with van der Waals surface area (Å²) < 4.78 is 7.13. The summed E-state index contributed by atoms with van der Waals surface area (Å²) in [5.41, 5.74) is 1.60. The molecule has 18 heavy (non-hydrogen) atoms. The molecule has 0 amide bonds. The number of imidazole rings is 1. The number of hydrogen-bond donors (Lipinski definition) is 3. The van der Waals surface area contributed by atoms with E-state index >= 15 is 0 Å². The van der Waals surface area contributed by atoms with Crippen molar-refractivity contribution in [1.29, 1.82) is 0 Å². The van der Waals surface area contributed by atoms with Crippen molar-refractivity contribution in [1.82, 2.24) is 9.55 Å². The molecule has 4 atom stereocenters. The van der Waals surface area contributed by atoms with Crippen LogP contribution in [0.15, 0.2) is 30.6 Å². The van der Waals surface area contributed by atoms with Crippen LogP contribution in [0.5, 0.6) is 0 Å². The minimum absolute atomic E-state index is 0.332. The molecule has 1 aromatic carbocycles. The van der Waals surface area contributed by atoms with Crippen LogP contribution in [0.1, 0.15) is 6.23 Å². The summed E-state index contributed by atoms with van der Waals surface area (Å²) in [4.78, 5) is 4.20. The summed E-state index contributed by atoms with van der Waals surface area (Å²) in [7, 11) is 0. The summed E-state index contributed by atoms with van der Waals surface area (Å²) >= 11 is 0. The average molecular weight is 250 g/mol. The Morgan fingerprint density at radius 1 is 1.22 bits per heavy atom. The smallest absolute Gasteiger partial charge is 0.164 e. The quantitative estimate of drug-likeness (QED) is 0.678. The maximum atomic E-state index is 9.96. The van der Waals surface area contributed by atoms with Gasteiger partial charge in [0.2, 0.25) is 0 Å². The fraction of sp³-hybridized carbons (Fsp3) is 0.417. The van der Waals surface area contributed by atoms with Gasteiger partial charge >= 0.3 is 0 Å². The third kappa shape index (κ3) is 1.62. The Balaban J connectivity index is 2.00. The normalized spacial score (nSPS) is 32.2. The number of aliphatic hydroxyl groups excluding tert-OH is 3. The molecule has 0 saturated carbocycles. The van der Waals surface area contributed by atoms with Crippen molar-refractivity contribution in [2.45, 2.75) is 24.5 Å². The SMILES string of the molecule is OC[C@H]1O[C@H](n2cnc3ccccc32)[C@H](O)[C@@H]1O. The van der Waals surface area contributed by atoms with E-state index < -0.39 is 24.5 Å². The van der Waals surface area contributed by atoms with Crippen molar-refractivity contribution >= 4 is 11.0 Å². The van der Waals surface area contributed by atoms with Crippen LogP contribution in [0.2, 0.25) is 0 Å². The van der Waals surface area contributed by atoms with Gasteiger partial charge in [0.1, 0.15) is 18.3 Å². The van der Waals surface area contributed by atoms with Gasteiger partial charge in [-0.2, -0.15) is 0 Å². The van der Waals surface area contributed by atoms with Gasteiger partial charge in [0.05, 0.1) is 24.0 Å². The van der Waals surface area contributed by atoms with Crippen LogP contribution >= 0.6 is 0 Å². The predicted octanol–water partition coefficient (Wildman–Crippen LogP) is -0.352. The Hall–Kier alpha value is -1.47. The molecule has 1 fully saturated rings. The highest BCUT2D eigenvalue weighted by Crippen LogP contribution is 2.31. The lowest BCUT2D eigenvalue weighted by Gasteiger charge is -2.16. The first-order valence-corrected chi connectivity index (χ1v) is 5.76. The second-order valence-corrected chi connectivity index (χ2v) is 4.37. The lowest BCUT2D eigenvalue weighted by Crippen LogP contribution is -2.33. The molecule has 0 spiro atoms. The van der Waals surface area contributed by atoms with Crippen LogP contribution in [0.4, 0.5) is 0 Å². The Labute approximate surface area is 103 Å². The van der Waals surface area contributed by atoms with E-state index in [1.165, 1.54) is 0 Å². The number of aromatic nitrogens is 2. The van der Waals surface area contributed by atoms with Crippen LogP contribution in [0.25, 0.3) is 11.0 Å². The minimum Gasteiger partial charge on any atom is -0.394 e. The van der Waals surface area contributed by atoms with Crippen molar-refractivity contribution in [2.24, 2.45) is 0 Å². The highest BCUT2D eigenvalue weighted by molar-refractivity contribution is 5.75. The first-order chi connectivity index (χ1) is 8.72. The van der Waals surface area contributed by atoms with Gasteiger partial charge in [0, 0.05) is 0 Å². The van der Waals surface area contributed by atoms with Crippen molar-refractivity contribution in [3.63, 3.8) is 0 Å².